The van der Waals surface area contributed by atoms with Crippen molar-refractivity contribution in [3.8, 4) is 21.8 Å². The summed E-state index contributed by atoms with van der Waals surface area (Å²) in [5.41, 5.74) is 4.63. The van der Waals surface area contributed by atoms with E-state index in [-0.39, 0.29) is 5.82 Å². The average molecular weight is 449 g/mol. The van der Waals surface area contributed by atoms with Gasteiger partial charge in [0.25, 0.3) is 0 Å². The number of benzene rings is 1. The predicted molar refractivity (Wildman–Crippen MR) is 110 cm³/mol. The molecule has 1 aromatic carbocycles. The average Bonchev–Trinajstić information content (AvgIpc) is 3.33. The number of anilines is 1. The van der Waals surface area contributed by atoms with Crippen molar-refractivity contribution < 1.29 is 23.4 Å². The van der Waals surface area contributed by atoms with E-state index in [9.17, 15) is 23.4 Å². The summed E-state index contributed by atoms with van der Waals surface area (Å²) < 4.78 is 42.0. The van der Waals surface area contributed by atoms with Crippen LogP contribution >= 0.6 is 11.3 Å². The van der Waals surface area contributed by atoms with Crippen molar-refractivity contribution >= 4 is 22.8 Å². The Morgan fingerprint density at radius 3 is 2.52 bits per heavy atom. The van der Waals surface area contributed by atoms with Crippen LogP contribution in [0.2, 0.25) is 0 Å². The molecule has 0 fully saturated rings. The second-order valence-corrected chi connectivity index (χ2v) is 8.37. The molecule has 7 nitrogen and oxygen atoms in total. The summed E-state index contributed by atoms with van der Waals surface area (Å²) in [5.74, 6) is 0.158. The second-order valence-electron chi connectivity index (χ2n) is 7.14. The first-order chi connectivity index (χ1) is 14.5. The molecular formula is C20H18F3N5O2S. The standard InChI is InChI=1S/C20H18F3N5O2S/c1-10-3-4-12(19(30,9-29)20(21,22)23)5-13(10)15-6-26-18-17(24)27-14(8-28(15)18)16-7-25-11(2)31-16/h3-8,29-30H,9H2,1-2H3,(H2,24,27). The number of hydrogen-bond donors (Lipinski definition) is 3. The van der Waals surface area contributed by atoms with E-state index < -0.39 is 23.9 Å². The molecule has 162 valence electrons. The minimum atomic E-state index is -5.06. The number of thiazole rings is 1. The first-order valence-electron chi connectivity index (χ1n) is 9.13. The van der Waals surface area contributed by atoms with E-state index in [1.54, 1.807) is 23.7 Å². The van der Waals surface area contributed by atoms with Crippen LogP contribution in [0.5, 0.6) is 0 Å². The maximum Gasteiger partial charge on any atom is 0.423 e. The zero-order valence-corrected chi connectivity index (χ0v) is 17.3. The van der Waals surface area contributed by atoms with Crippen LogP contribution in [-0.4, -0.2) is 42.3 Å². The number of aryl methyl sites for hydroxylation is 2. The van der Waals surface area contributed by atoms with Gasteiger partial charge < -0.3 is 15.9 Å². The zero-order chi connectivity index (χ0) is 22.6. The van der Waals surface area contributed by atoms with Crippen molar-refractivity contribution in [2.45, 2.75) is 25.6 Å². The number of nitrogen functional groups attached to an aromatic ring is 1. The highest BCUT2D eigenvalue weighted by Gasteiger charge is 2.54. The lowest BCUT2D eigenvalue weighted by Gasteiger charge is -2.29. The molecule has 0 amide bonds. The second kappa shape index (κ2) is 7.29. The lowest BCUT2D eigenvalue weighted by Crippen LogP contribution is -2.45. The van der Waals surface area contributed by atoms with Gasteiger partial charge in [0.1, 0.15) is 5.69 Å². The maximum absolute atomic E-state index is 13.5. The molecular weight excluding hydrogens is 431 g/mol. The third-order valence-electron chi connectivity index (χ3n) is 5.08. The number of aromatic nitrogens is 4. The van der Waals surface area contributed by atoms with Gasteiger partial charge in [-0.05, 0) is 31.0 Å². The molecule has 0 saturated carbocycles. The smallest absolute Gasteiger partial charge is 0.393 e. The molecule has 0 aliphatic heterocycles. The number of nitrogens with zero attached hydrogens (tertiary/aromatic N) is 4. The predicted octanol–water partition coefficient (Wildman–Crippen LogP) is 3.46. The molecule has 3 heterocycles. The number of aliphatic hydroxyl groups is 2. The lowest BCUT2D eigenvalue weighted by atomic mass is 9.90. The topological polar surface area (TPSA) is 110 Å². The van der Waals surface area contributed by atoms with Gasteiger partial charge in [0.15, 0.2) is 11.5 Å². The van der Waals surface area contributed by atoms with Crippen LogP contribution in [0.15, 0.2) is 36.8 Å². The normalized spacial score (nSPS) is 14.2. The molecule has 0 aliphatic carbocycles. The number of alkyl halides is 3. The fourth-order valence-electron chi connectivity index (χ4n) is 3.31. The molecule has 0 aliphatic rings. The maximum atomic E-state index is 13.5. The highest BCUT2D eigenvalue weighted by molar-refractivity contribution is 7.15. The van der Waals surface area contributed by atoms with Gasteiger partial charge >= 0.3 is 6.18 Å². The van der Waals surface area contributed by atoms with Crippen LogP contribution in [0.1, 0.15) is 16.1 Å². The molecule has 1 atom stereocenters. The van der Waals surface area contributed by atoms with E-state index in [2.05, 4.69) is 15.0 Å². The lowest BCUT2D eigenvalue weighted by molar-refractivity contribution is -0.277. The van der Waals surface area contributed by atoms with E-state index in [0.717, 1.165) is 16.0 Å². The first kappa shape index (κ1) is 21.2. The molecule has 3 aromatic heterocycles. The summed E-state index contributed by atoms with van der Waals surface area (Å²) in [5, 5.41) is 20.3. The van der Waals surface area contributed by atoms with E-state index in [1.807, 2.05) is 6.92 Å². The van der Waals surface area contributed by atoms with E-state index in [1.165, 1.54) is 29.7 Å². The van der Waals surface area contributed by atoms with E-state index in [0.29, 0.717) is 28.2 Å². The van der Waals surface area contributed by atoms with E-state index in [4.69, 9.17) is 5.73 Å². The summed E-state index contributed by atoms with van der Waals surface area (Å²) in [6.45, 7) is 2.08. The van der Waals surface area contributed by atoms with Crippen LogP contribution in [-0.2, 0) is 5.60 Å². The van der Waals surface area contributed by atoms with E-state index >= 15 is 0 Å². The molecule has 0 spiro atoms. The van der Waals surface area contributed by atoms with Crippen LogP contribution in [0.4, 0.5) is 19.0 Å². The number of hydrogen-bond acceptors (Lipinski definition) is 7. The molecule has 31 heavy (non-hydrogen) atoms. The zero-order valence-electron chi connectivity index (χ0n) is 16.5. The van der Waals surface area contributed by atoms with Crippen molar-refractivity contribution in [1.29, 1.82) is 0 Å². The van der Waals surface area contributed by atoms with Gasteiger partial charge in [0.2, 0.25) is 5.60 Å². The third kappa shape index (κ3) is 3.44. The number of nitrogens with two attached hydrogens (primary N) is 1. The van der Waals surface area contributed by atoms with Gasteiger partial charge in [-0.2, -0.15) is 13.2 Å². The number of fused-ring (bicyclic) bond motifs is 1. The Bertz CT molecular complexity index is 1280. The van der Waals surface area contributed by atoms with Gasteiger partial charge in [-0.25, -0.2) is 15.0 Å². The van der Waals surface area contributed by atoms with Crippen LogP contribution < -0.4 is 5.73 Å². The van der Waals surface area contributed by atoms with Crippen LogP contribution in [0.3, 0.4) is 0 Å². The third-order valence-corrected chi connectivity index (χ3v) is 6.02. The first-order valence-corrected chi connectivity index (χ1v) is 9.94. The summed E-state index contributed by atoms with van der Waals surface area (Å²) in [6.07, 6.45) is -0.220. The molecule has 4 rings (SSSR count). The Kier molecular flexibility index (Phi) is 4.99. The summed E-state index contributed by atoms with van der Waals surface area (Å²) in [4.78, 5) is 13.6. The Morgan fingerprint density at radius 1 is 1.16 bits per heavy atom. The molecule has 11 heteroatoms. The Morgan fingerprint density at radius 2 is 1.90 bits per heavy atom. The highest BCUT2D eigenvalue weighted by atomic mass is 32.1. The Labute approximate surface area is 178 Å². The largest absolute Gasteiger partial charge is 0.423 e. The monoisotopic (exact) mass is 449 g/mol. The van der Waals surface area contributed by atoms with Crippen molar-refractivity contribution in [2.75, 3.05) is 12.3 Å². The van der Waals surface area contributed by atoms with Gasteiger partial charge in [-0.15, -0.1) is 11.3 Å². The summed E-state index contributed by atoms with van der Waals surface area (Å²) in [6, 6.07) is 3.80. The molecule has 1 unspecified atom stereocenters. The molecule has 0 radical (unpaired) electrons. The minimum Gasteiger partial charge on any atom is -0.393 e. The van der Waals surface area contributed by atoms with Crippen LogP contribution in [0, 0.1) is 13.8 Å². The number of rotatable bonds is 4. The van der Waals surface area contributed by atoms with Crippen molar-refractivity contribution in [3.05, 3.63) is 52.9 Å². The number of halogens is 3. The minimum absolute atomic E-state index is 0.158. The fourth-order valence-corrected chi connectivity index (χ4v) is 4.04. The molecule has 4 N–H and O–H groups in total. The van der Waals surface area contributed by atoms with Gasteiger partial charge in [-0.3, -0.25) is 4.40 Å². The van der Waals surface area contributed by atoms with Gasteiger partial charge in [0.05, 0.1) is 28.4 Å². The summed E-state index contributed by atoms with van der Waals surface area (Å²) >= 11 is 1.43. The number of aliphatic hydroxyl groups excluding tert-OH is 1. The van der Waals surface area contributed by atoms with Gasteiger partial charge in [-0.1, -0.05) is 12.1 Å². The number of imidazole rings is 1. The van der Waals surface area contributed by atoms with Crippen molar-refractivity contribution in [3.63, 3.8) is 0 Å². The quantitative estimate of drug-likeness (QED) is 0.440. The highest BCUT2D eigenvalue weighted by Crippen LogP contribution is 2.40. The SMILES string of the molecule is Cc1ncc(-c2cn3c(-c4cc(C(O)(CO)C(F)(F)F)ccc4C)cnc3c(N)n2)s1. The molecule has 0 saturated heterocycles. The Balaban J connectivity index is 1.92. The Hall–Kier alpha value is -3.02. The van der Waals surface area contributed by atoms with Gasteiger partial charge in [0, 0.05) is 18.0 Å². The van der Waals surface area contributed by atoms with Crippen molar-refractivity contribution in [2.24, 2.45) is 0 Å². The van der Waals surface area contributed by atoms with Crippen molar-refractivity contribution in [1.82, 2.24) is 19.4 Å². The summed E-state index contributed by atoms with van der Waals surface area (Å²) in [7, 11) is 0. The fraction of sp³-hybridized carbons (Fsp3) is 0.250. The molecule has 4 aromatic rings. The van der Waals surface area contributed by atoms with Crippen LogP contribution in [0.25, 0.3) is 27.5 Å². The molecule has 0 bridgehead atoms.